The van der Waals surface area contributed by atoms with Crippen molar-refractivity contribution in [3.05, 3.63) is 23.9 Å². The molecule has 0 amide bonds. The summed E-state index contributed by atoms with van der Waals surface area (Å²) >= 11 is 0. The molecule has 0 bridgehead atoms. The lowest BCUT2D eigenvalue weighted by atomic mass is 9.88. The Labute approximate surface area is 104 Å². The maximum Gasteiger partial charge on any atom is 0.128 e. The Bertz CT molecular complexity index is 375. The molecule has 0 aliphatic carbocycles. The van der Waals surface area contributed by atoms with E-state index in [0.717, 1.165) is 30.7 Å². The summed E-state index contributed by atoms with van der Waals surface area (Å²) in [5.41, 5.74) is 7.08. The minimum Gasteiger partial charge on any atom is -0.356 e. The molecule has 1 aromatic rings. The lowest BCUT2D eigenvalue weighted by Crippen LogP contribution is -2.38. The van der Waals surface area contributed by atoms with Crippen molar-refractivity contribution in [2.24, 2.45) is 17.6 Å². The van der Waals surface area contributed by atoms with Crippen LogP contribution < -0.4 is 10.6 Å². The van der Waals surface area contributed by atoms with E-state index in [0.29, 0.717) is 0 Å². The second kappa shape index (κ2) is 5.05. The highest BCUT2D eigenvalue weighted by atomic mass is 15.2. The summed E-state index contributed by atoms with van der Waals surface area (Å²) in [7, 11) is 0. The molecule has 1 aromatic heterocycles. The van der Waals surface area contributed by atoms with Crippen molar-refractivity contribution in [1.82, 2.24) is 4.98 Å². The molecule has 0 radical (unpaired) electrons. The Morgan fingerprint density at radius 2 is 2.18 bits per heavy atom. The number of nitrogens with zero attached hydrogens (tertiary/aromatic N) is 2. The molecule has 2 unspecified atom stereocenters. The first-order valence-corrected chi connectivity index (χ1v) is 6.54. The standard InChI is InChI=1S/C14H23N3/c1-10-5-7-17(9-11(10)2)14-8-13(12(3)15)4-6-16-14/h4,6,8,10-12H,5,7,9,15H2,1-3H3/t10?,11?,12-/m0/s1. The van der Waals surface area contributed by atoms with E-state index in [1.165, 1.54) is 12.0 Å². The zero-order valence-corrected chi connectivity index (χ0v) is 11.1. The van der Waals surface area contributed by atoms with Gasteiger partial charge in [0.15, 0.2) is 0 Å². The molecule has 2 N–H and O–H groups in total. The van der Waals surface area contributed by atoms with Crippen molar-refractivity contribution in [3.8, 4) is 0 Å². The van der Waals surface area contributed by atoms with Crippen molar-refractivity contribution in [2.45, 2.75) is 33.2 Å². The van der Waals surface area contributed by atoms with Gasteiger partial charge in [-0.3, -0.25) is 0 Å². The lowest BCUT2D eigenvalue weighted by molar-refractivity contribution is 0.323. The number of anilines is 1. The molecule has 3 atom stereocenters. The minimum atomic E-state index is 0.0814. The molecule has 0 spiro atoms. The van der Waals surface area contributed by atoms with Crippen molar-refractivity contribution in [1.29, 1.82) is 0 Å². The van der Waals surface area contributed by atoms with Gasteiger partial charge >= 0.3 is 0 Å². The summed E-state index contributed by atoms with van der Waals surface area (Å²) in [5, 5.41) is 0. The van der Waals surface area contributed by atoms with Crippen LogP contribution in [0.25, 0.3) is 0 Å². The van der Waals surface area contributed by atoms with Crippen LogP contribution in [0.1, 0.15) is 38.8 Å². The highest BCUT2D eigenvalue weighted by Gasteiger charge is 2.23. The number of piperidine rings is 1. The third-order valence-corrected chi connectivity index (χ3v) is 3.95. The summed E-state index contributed by atoms with van der Waals surface area (Å²) in [6.07, 6.45) is 3.13. The number of hydrogen-bond acceptors (Lipinski definition) is 3. The highest BCUT2D eigenvalue weighted by Crippen LogP contribution is 2.26. The van der Waals surface area contributed by atoms with Gasteiger partial charge < -0.3 is 10.6 Å². The van der Waals surface area contributed by atoms with E-state index >= 15 is 0 Å². The van der Waals surface area contributed by atoms with Crippen LogP contribution in [-0.2, 0) is 0 Å². The van der Waals surface area contributed by atoms with Crippen LogP contribution in [0.3, 0.4) is 0 Å². The zero-order chi connectivity index (χ0) is 12.4. The van der Waals surface area contributed by atoms with Crippen LogP contribution in [0, 0.1) is 11.8 Å². The molecule has 3 heteroatoms. The Kier molecular flexibility index (Phi) is 3.67. The fraction of sp³-hybridized carbons (Fsp3) is 0.643. The fourth-order valence-corrected chi connectivity index (χ4v) is 2.36. The second-order valence-corrected chi connectivity index (χ2v) is 5.43. The maximum atomic E-state index is 5.92. The summed E-state index contributed by atoms with van der Waals surface area (Å²) in [4.78, 5) is 6.86. The van der Waals surface area contributed by atoms with Crippen molar-refractivity contribution in [2.75, 3.05) is 18.0 Å². The lowest BCUT2D eigenvalue weighted by Gasteiger charge is -2.36. The highest BCUT2D eigenvalue weighted by molar-refractivity contribution is 5.42. The van der Waals surface area contributed by atoms with E-state index in [2.05, 4.69) is 29.8 Å². The topological polar surface area (TPSA) is 42.1 Å². The number of hydrogen-bond donors (Lipinski definition) is 1. The van der Waals surface area contributed by atoms with Gasteiger partial charge in [0.05, 0.1) is 0 Å². The van der Waals surface area contributed by atoms with Gasteiger partial charge in [0.1, 0.15) is 5.82 Å². The molecule has 1 aliphatic heterocycles. The SMILES string of the molecule is CC1CCN(c2cc([C@H](C)N)ccn2)CC1C. The summed E-state index contributed by atoms with van der Waals surface area (Å²) < 4.78 is 0. The number of nitrogens with two attached hydrogens (primary N) is 1. The largest absolute Gasteiger partial charge is 0.356 e. The third-order valence-electron chi connectivity index (χ3n) is 3.95. The number of aromatic nitrogens is 1. The summed E-state index contributed by atoms with van der Waals surface area (Å²) in [6.45, 7) is 8.90. The van der Waals surface area contributed by atoms with E-state index in [1.807, 2.05) is 19.2 Å². The minimum absolute atomic E-state index is 0.0814. The monoisotopic (exact) mass is 233 g/mol. The Balaban J connectivity index is 2.14. The van der Waals surface area contributed by atoms with Crippen LogP contribution in [0.2, 0.25) is 0 Å². The molecule has 0 saturated carbocycles. The van der Waals surface area contributed by atoms with Gasteiger partial charge in [-0.1, -0.05) is 13.8 Å². The van der Waals surface area contributed by atoms with Crippen LogP contribution in [-0.4, -0.2) is 18.1 Å². The predicted octanol–water partition coefficient (Wildman–Crippen LogP) is 2.58. The van der Waals surface area contributed by atoms with Gasteiger partial charge in [-0.2, -0.15) is 0 Å². The fourth-order valence-electron chi connectivity index (χ4n) is 2.36. The molecule has 17 heavy (non-hydrogen) atoms. The Hall–Kier alpha value is -1.09. The average Bonchev–Trinajstić information content (AvgIpc) is 2.33. The van der Waals surface area contributed by atoms with Gasteiger partial charge in [-0.05, 0) is 42.9 Å². The molecular weight excluding hydrogens is 210 g/mol. The molecular formula is C14H23N3. The van der Waals surface area contributed by atoms with Crippen LogP contribution in [0.4, 0.5) is 5.82 Å². The van der Waals surface area contributed by atoms with Crippen LogP contribution in [0.15, 0.2) is 18.3 Å². The first kappa shape index (κ1) is 12.4. The van der Waals surface area contributed by atoms with E-state index in [1.54, 1.807) is 0 Å². The average molecular weight is 233 g/mol. The first-order valence-electron chi connectivity index (χ1n) is 6.54. The normalized spacial score (nSPS) is 26.9. The molecule has 1 fully saturated rings. The van der Waals surface area contributed by atoms with Gasteiger partial charge in [0.25, 0.3) is 0 Å². The third kappa shape index (κ3) is 2.78. The van der Waals surface area contributed by atoms with Gasteiger partial charge in [0.2, 0.25) is 0 Å². The molecule has 1 saturated heterocycles. The molecule has 2 rings (SSSR count). The predicted molar refractivity (Wildman–Crippen MR) is 72.0 cm³/mol. The molecule has 3 nitrogen and oxygen atoms in total. The van der Waals surface area contributed by atoms with Crippen LogP contribution in [0.5, 0.6) is 0 Å². The first-order chi connectivity index (χ1) is 8.08. The number of rotatable bonds is 2. The quantitative estimate of drug-likeness (QED) is 0.853. The van der Waals surface area contributed by atoms with Crippen molar-refractivity contribution < 1.29 is 0 Å². The Morgan fingerprint density at radius 1 is 1.41 bits per heavy atom. The number of pyridine rings is 1. The maximum absolute atomic E-state index is 5.92. The van der Waals surface area contributed by atoms with Gasteiger partial charge in [-0.25, -0.2) is 4.98 Å². The summed E-state index contributed by atoms with van der Waals surface area (Å²) in [6, 6.07) is 4.22. The van der Waals surface area contributed by atoms with Crippen LogP contribution >= 0.6 is 0 Å². The Morgan fingerprint density at radius 3 is 2.82 bits per heavy atom. The zero-order valence-electron chi connectivity index (χ0n) is 11.1. The second-order valence-electron chi connectivity index (χ2n) is 5.43. The molecule has 1 aliphatic rings. The molecule has 94 valence electrons. The van der Waals surface area contributed by atoms with E-state index < -0.39 is 0 Å². The summed E-state index contributed by atoms with van der Waals surface area (Å²) in [5.74, 6) is 2.64. The van der Waals surface area contributed by atoms with Gasteiger partial charge in [-0.15, -0.1) is 0 Å². The smallest absolute Gasteiger partial charge is 0.128 e. The van der Waals surface area contributed by atoms with Crippen molar-refractivity contribution >= 4 is 5.82 Å². The molecule has 2 heterocycles. The van der Waals surface area contributed by atoms with Crippen molar-refractivity contribution in [3.63, 3.8) is 0 Å². The van der Waals surface area contributed by atoms with E-state index in [9.17, 15) is 0 Å². The van der Waals surface area contributed by atoms with E-state index in [4.69, 9.17) is 5.73 Å². The van der Waals surface area contributed by atoms with E-state index in [-0.39, 0.29) is 6.04 Å². The molecule has 0 aromatic carbocycles. The van der Waals surface area contributed by atoms with Gasteiger partial charge in [0, 0.05) is 25.3 Å².